The van der Waals surface area contributed by atoms with Crippen LogP contribution in [0.3, 0.4) is 0 Å². The fraction of sp³-hybridized carbons (Fsp3) is 0.533. The molecule has 0 spiro atoms. The first kappa shape index (κ1) is 16.0. The van der Waals surface area contributed by atoms with E-state index in [0.29, 0.717) is 12.2 Å². The van der Waals surface area contributed by atoms with E-state index >= 15 is 0 Å². The molecule has 1 aliphatic carbocycles. The Morgan fingerprint density at radius 2 is 1.81 bits per heavy atom. The molecule has 0 unspecified atom stereocenters. The summed E-state index contributed by atoms with van der Waals surface area (Å²) in [4.78, 5) is 11.7. The van der Waals surface area contributed by atoms with E-state index in [2.05, 4.69) is 4.72 Å². The summed E-state index contributed by atoms with van der Waals surface area (Å²) in [6, 6.07) is 5.86. The van der Waals surface area contributed by atoms with Gasteiger partial charge in [-0.2, -0.15) is 0 Å². The second-order valence-electron chi connectivity index (χ2n) is 5.20. The Morgan fingerprint density at radius 3 is 2.38 bits per heavy atom. The second-order valence-corrected chi connectivity index (χ2v) is 6.92. The lowest BCUT2D eigenvalue weighted by molar-refractivity contribution is 0.0526. The van der Waals surface area contributed by atoms with E-state index in [4.69, 9.17) is 4.74 Å². The highest BCUT2D eigenvalue weighted by molar-refractivity contribution is 7.89. The van der Waals surface area contributed by atoms with Crippen LogP contribution in [0.1, 0.15) is 49.4 Å². The quantitative estimate of drug-likeness (QED) is 0.848. The maximum absolute atomic E-state index is 12.3. The van der Waals surface area contributed by atoms with Crippen molar-refractivity contribution in [3.63, 3.8) is 0 Å². The topological polar surface area (TPSA) is 72.5 Å². The lowest BCUT2D eigenvalue weighted by Crippen LogP contribution is -2.36. The first-order valence-corrected chi connectivity index (χ1v) is 8.81. The van der Waals surface area contributed by atoms with Gasteiger partial charge in [0.1, 0.15) is 0 Å². The highest BCUT2D eigenvalue weighted by Gasteiger charge is 2.22. The molecule has 0 radical (unpaired) electrons. The van der Waals surface area contributed by atoms with Crippen LogP contribution in [-0.2, 0) is 14.8 Å². The Labute approximate surface area is 125 Å². The molecule has 1 aromatic carbocycles. The van der Waals surface area contributed by atoms with Crippen molar-refractivity contribution in [1.29, 1.82) is 0 Å². The van der Waals surface area contributed by atoms with Gasteiger partial charge in [-0.3, -0.25) is 0 Å². The van der Waals surface area contributed by atoms with Gasteiger partial charge in [-0.25, -0.2) is 17.9 Å². The molecule has 0 aliphatic heterocycles. The van der Waals surface area contributed by atoms with Crippen molar-refractivity contribution in [1.82, 2.24) is 4.72 Å². The molecule has 1 saturated carbocycles. The molecule has 6 heteroatoms. The highest BCUT2D eigenvalue weighted by atomic mass is 32.2. The van der Waals surface area contributed by atoms with E-state index in [0.717, 1.165) is 25.7 Å². The van der Waals surface area contributed by atoms with E-state index in [9.17, 15) is 13.2 Å². The Bertz CT molecular complexity index is 574. The number of rotatable bonds is 5. The van der Waals surface area contributed by atoms with Gasteiger partial charge in [0, 0.05) is 6.04 Å². The summed E-state index contributed by atoms with van der Waals surface area (Å²) in [5, 5.41) is 0. The minimum Gasteiger partial charge on any atom is -0.462 e. The zero-order valence-electron chi connectivity index (χ0n) is 12.2. The minimum absolute atomic E-state index is 0.0217. The zero-order chi connectivity index (χ0) is 15.3. The summed E-state index contributed by atoms with van der Waals surface area (Å²) in [7, 11) is -3.52. The molecule has 0 heterocycles. The third kappa shape index (κ3) is 4.28. The Balaban J connectivity index is 2.07. The van der Waals surface area contributed by atoms with Crippen molar-refractivity contribution < 1.29 is 17.9 Å². The zero-order valence-corrected chi connectivity index (χ0v) is 13.0. The van der Waals surface area contributed by atoms with Gasteiger partial charge < -0.3 is 4.74 Å². The van der Waals surface area contributed by atoms with Crippen molar-refractivity contribution >= 4 is 16.0 Å². The summed E-state index contributed by atoms with van der Waals surface area (Å²) in [5.41, 5.74) is 0.355. The molecule has 1 fully saturated rings. The molecule has 1 aliphatic rings. The molecule has 5 nitrogen and oxygen atoms in total. The minimum atomic E-state index is -3.52. The Kier molecular flexibility index (Phi) is 5.36. The van der Waals surface area contributed by atoms with Crippen LogP contribution in [0.2, 0.25) is 0 Å². The van der Waals surface area contributed by atoms with Gasteiger partial charge in [-0.15, -0.1) is 0 Å². The Morgan fingerprint density at radius 1 is 1.19 bits per heavy atom. The van der Waals surface area contributed by atoms with Gasteiger partial charge in [0.15, 0.2) is 0 Å². The molecular weight excluding hydrogens is 290 g/mol. The van der Waals surface area contributed by atoms with Crippen LogP contribution >= 0.6 is 0 Å². The predicted molar refractivity (Wildman–Crippen MR) is 79.6 cm³/mol. The van der Waals surface area contributed by atoms with Crippen LogP contribution in [0.25, 0.3) is 0 Å². The van der Waals surface area contributed by atoms with Gasteiger partial charge in [-0.1, -0.05) is 19.3 Å². The molecule has 0 saturated heterocycles. The van der Waals surface area contributed by atoms with Gasteiger partial charge in [-0.05, 0) is 44.0 Å². The number of esters is 1. The SMILES string of the molecule is CCOC(=O)c1ccc(S(=O)(=O)NC2CCCCC2)cc1. The number of benzene rings is 1. The average Bonchev–Trinajstić information content (AvgIpc) is 2.48. The van der Waals surface area contributed by atoms with E-state index in [1.807, 2.05) is 0 Å². The molecule has 1 aromatic rings. The molecule has 1 N–H and O–H groups in total. The molecular formula is C15H21NO4S. The summed E-state index contributed by atoms with van der Waals surface area (Å²) < 4.78 is 32.2. The normalized spacial score (nSPS) is 16.6. The van der Waals surface area contributed by atoms with Crippen molar-refractivity contribution in [3.05, 3.63) is 29.8 Å². The predicted octanol–water partition coefficient (Wildman–Crippen LogP) is 2.47. The smallest absolute Gasteiger partial charge is 0.338 e. The Hall–Kier alpha value is -1.40. The summed E-state index contributed by atoms with van der Waals surface area (Å²) >= 11 is 0. The third-order valence-electron chi connectivity index (χ3n) is 3.60. The third-order valence-corrected chi connectivity index (χ3v) is 5.14. The number of hydrogen-bond acceptors (Lipinski definition) is 4. The van der Waals surface area contributed by atoms with E-state index in [1.165, 1.54) is 30.7 Å². The van der Waals surface area contributed by atoms with Gasteiger partial charge in [0.25, 0.3) is 0 Å². The maximum Gasteiger partial charge on any atom is 0.338 e. The van der Waals surface area contributed by atoms with E-state index in [1.54, 1.807) is 6.92 Å². The van der Waals surface area contributed by atoms with Crippen molar-refractivity contribution in [2.45, 2.75) is 50.0 Å². The number of carbonyl (C=O) groups excluding carboxylic acids is 1. The van der Waals surface area contributed by atoms with Gasteiger partial charge >= 0.3 is 5.97 Å². The van der Waals surface area contributed by atoms with Gasteiger partial charge in [0.05, 0.1) is 17.1 Å². The largest absolute Gasteiger partial charge is 0.462 e. The fourth-order valence-corrected chi connectivity index (χ4v) is 3.80. The summed E-state index contributed by atoms with van der Waals surface area (Å²) in [5.74, 6) is -0.443. The lowest BCUT2D eigenvalue weighted by atomic mass is 9.96. The molecule has 21 heavy (non-hydrogen) atoms. The van der Waals surface area contributed by atoms with Crippen molar-refractivity contribution in [3.8, 4) is 0 Å². The first-order chi connectivity index (χ1) is 10.0. The molecule has 0 amide bonds. The lowest BCUT2D eigenvalue weighted by Gasteiger charge is -2.22. The standard InChI is InChI=1S/C15H21NO4S/c1-2-20-15(17)12-8-10-14(11-9-12)21(18,19)16-13-6-4-3-5-7-13/h8-11,13,16H,2-7H2,1H3. The molecule has 0 bridgehead atoms. The molecule has 0 aromatic heterocycles. The number of hydrogen-bond donors (Lipinski definition) is 1. The van der Waals surface area contributed by atoms with Gasteiger partial charge in [0.2, 0.25) is 10.0 Å². The fourth-order valence-electron chi connectivity index (χ4n) is 2.49. The molecule has 0 atom stereocenters. The number of ether oxygens (including phenoxy) is 1. The number of sulfonamides is 1. The summed E-state index contributed by atoms with van der Waals surface area (Å²) in [6.45, 7) is 2.02. The highest BCUT2D eigenvalue weighted by Crippen LogP contribution is 2.20. The average molecular weight is 311 g/mol. The van der Waals surface area contributed by atoms with Crippen LogP contribution in [-0.4, -0.2) is 27.0 Å². The van der Waals surface area contributed by atoms with Crippen LogP contribution in [0.15, 0.2) is 29.2 Å². The first-order valence-electron chi connectivity index (χ1n) is 7.32. The van der Waals surface area contributed by atoms with Crippen LogP contribution in [0, 0.1) is 0 Å². The number of nitrogens with one attached hydrogen (secondary N) is 1. The molecule has 116 valence electrons. The number of carbonyl (C=O) groups is 1. The second kappa shape index (κ2) is 7.04. The van der Waals surface area contributed by atoms with Crippen LogP contribution < -0.4 is 4.72 Å². The van der Waals surface area contributed by atoms with E-state index < -0.39 is 16.0 Å². The monoisotopic (exact) mass is 311 g/mol. The van der Waals surface area contributed by atoms with Crippen LogP contribution in [0.4, 0.5) is 0 Å². The van der Waals surface area contributed by atoms with Crippen LogP contribution in [0.5, 0.6) is 0 Å². The van der Waals surface area contributed by atoms with Crippen molar-refractivity contribution in [2.24, 2.45) is 0 Å². The summed E-state index contributed by atoms with van der Waals surface area (Å²) in [6.07, 6.45) is 5.08. The molecule has 2 rings (SSSR count). The van der Waals surface area contributed by atoms with E-state index in [-0.39, 0.29) is 10.9 Å². The van der Waals surface area contributed by atoms with Crippen molar-refractivity contribution in [2.75, 3.05) is 6.61 Å². The maximum atomic E-state index is 12.3.